The van der Waals surface area contributed by atoms with Crippen molar-refractivity contribution in [3.63, 3.8) is 0 Å². The Labute approximate surface area is 150 Å². The molecular weight excluding hydrogens is 318 g/mol. The number of nitrogens with zero attached hydrogens (tertiary/aromatic N) is 3. The largest absolute Gasteiger partial charge is 0.453 e. The molecule has 0 saturated carbocycles. The van der Waals surface area contributed by atoms with Gasteiger partial charge in [0.2, 0.25) is 0 Å². The minimum absolute atomic E-state index is 0.110. The standard InChI is InChI=1S/C19H31N3O3/c1-12(2)17-11-18(13(3)4)22(20-17)16-7-9-21(10-8-16)19(24)14(5)25-15(6)23/h11-14,16H,7-10H2,1-6H3/t14-/m0/s1. The highest BCUT2D eigenvalue weighted by atomic mass is 16.5. The van der Waals surface area contributed by atoms with E-state index in [-0.39, 0.29) is 5.91 Å². The highest BCUT2D eigenvalue weighted by molar-refractivity contribution is 5.83. The molecule has 0 aliphatic carbocycles. The molecule has 2 rings (SSSR count). The first-order chi connectivity index (χ1) is 11.7. The molecule has 6 nitrogen and oxygen atoms in total. The lowest BCUT2D eigenvalue weighted by molar-refractivity contribution is -0.158. The van der Waals surface area contributed by atoms with Crippen molar-refractivity contribution in [1.82, 2.24) is 14.7 Å². The maximum Gasteiger partial charge on any atom is 0.303 e. The molecular formula is C19H31N3O3. The Kier molecular flexibility index (Phi) is 6.25. The van der Waals surface area contributed by atoms with Crippen molar-refractivity contribution >= 4 is 11.9 Å². The van der Waals surface area contributed by atoms with Crippen LogP contribution >= 0.6 is 0 Å². The first-order valence-corrected chi connectivity index (χ1v) is 9.26. The Morgan fingerprint density at radius 1 is 1.12 bits per heavy atom. The van der Waals surface area contributed by atoms with Crippen LogP contribution in [0.5, 0.6) is 0 Å². The average molecular weight is 349 g/mol. The smallest absolute Gasteiger partial charge is 0.303 e. The van der Waals surface area contributed by atoms with Gasteiger partial charge in [-0.25, -0.2) is 0 Å². The van der Waals surface area contributed by atoms with Gasteiger partial charge < -0.3 is 9.64 Å². The summed E-state index contributed by atoms with van der Waals surface area (Å²) in [6.45, 7) is 13.0. The Morgan fingerprint density at radius 3 is 2.20 bits per heavy atom. The van der Waals surface area contributed by atoms with Crippen molar-refractivity contribution in [2.45, 2.75) is 78.4 Å². The summed E-state index contributed by atoms with van der Waals surface area (Å²) in [5.41, 5.74) is 2.40. The van der Waals surface area contributed by atoms with Crippen molar-refractivity contribution in [2.75, 3.05) is 13.1 Å². The number of rotatable bonds is 5. The van der Waals surface area contributed by atoms with Gasteiger partial charge in [0.25, 0.3) is 5.91 Å². The fourth-order valence-electron chi connectivity index (χ4n) is 3.32. The van der Waals surface area contributed by atoms with E-state index in [0.29, 0.717) is 31.0 Å². The minimum atomic E-state index is -0.711. The van der Waals surface area contributed by atoms with Crippen LogP contribution in [0.3, 0.4) is 0 Å². The van der Waals surface area contributed by atoms with E-state index in [1.165, 1.54) is 12.6 Å². The van der Waals surface area contributed by atoms with Crippen LogP contribution in [-0.4, -0.2) is 45.8 Å². The van der Waals surface area contributed by atoms with Crippen LogP contribution in [0.15, 0.2) is 6.07 Å². The van der Waals surface area contributed by atoms with E-state index >= 15 is 0 Å². The van der Waals surface area contributed by atoms with Crippen LogP contribution in [-0.2, 0) is 14.3 Å². The molecule has 1 aromatic heterocycles. The first-order valence-electron chi connectivity index (χ1n) is 9.26. The minimum Gasteiger partial charge on any atom is -0.453 e. The third-order valence-corrected chi connectivity index (χ3v) is 4.78. The molecule has 0 N–H and O–H groups in total. The van der Waals surface area contributed by atoms with Gasteiger partial charge in [0.05, 0.1) is 11.7 Å². The van der Waals surface area contributed by atoms with Gasteiger partial charge in [-0.2, -0.15) is 5.10 Å². The maximum absolute atomic E-state index is 12.4. The number of hydrogen-bond acceptors (Lipinski definition) is 4. The topological polar surface area (TPSA) is 64.4 Å². The predicted molar refractivity (Wildman–Crippen MR) is 96.5 cm³/mol. The molecule has 2 heterocycles. The number of hydrogen-bond donors (Lipinski definition) is 0. The number of piperidine rings is 1. The van der Waals surface area contributed by atoms with Crippen molar-refractivity contribution in [1.29, 1.82) is 0 Å². The zero-order valence-electron chi connectivity index (χ0n) is 16.3. The van der Waals surface area contributed by atoms with Crippen molar-refractivity contribution in [3.8, 4) is 0 Å². The summed E-state index contributed by atoms with van der Waals surface area (Å²) in [6, 6.07) is 2.54. The molecule has 0 bridgehead atoms. The number of amides is 1. The van der Waals surface area contributed by atoms with E-state index in [2.05, 4.69) is 38.4 Å². The van der Waals surface area contributed by atoms with E-state index in [1.54, 1.807) is 11.8 Å². The van der Waals surface area contributed by atoms with E-state index in [0.717, 1.165) is 18.5 Å². The van der Waals surface area contributed by atoms with Gasteiger partial charge in [0.1, 0.15) is 0 Å². The van der Waals surface area contributed by atoms with E-state index in [1.807, 2.05) is 0 Å². The monoisotopic (exact) mass is 349 g/mol. The summed E-state index contributed by atoms with van der Waals surface area (Å²) >= 11 is 0. The fourth-order valence-corrected chi connectivity index (χ4v) is 3.32. The maximum atomic E-state index is 12.4. The Morgan fingerprint density at radius 2 is 1.72 bits per heavy atom. The third-order valence-electron chi connectivity index (χ3n) is 4.78. The van der Waals surface area contributed by atoms with Gasteiger partial charge in [-0.05, 0) is 37.7 Å². The second-order valence-electron chi connectivity index (χ2n) is 7.56. The van der Waals surface area contributed by atoms with E-state index < -0.39 is 12.1 Å². The van der Waals surface area contributed by atoms with Crippen LogP contribution in [0.25, 0.3) is 0 Å². The summed E-state index contributed by atoms with van der Waals surface area (Å²) in [5, 5.41) is 4.84. The molecule has 1 saturated heterocycles. The molecule has 25 heavy (non-hydrogen) atoms. The Balaban J connectivity index is 2.05. The quantitative estimate of drug-likeness (QED) is 0.766. The third kappa shape index (κ3) is 4.61. The van der Waals surface area contributed by atoms with Crippen LogP contribution in [0, 0.1) is 0 Å². The number of carbonyl (C=O) groups is 2. The van der Waals surface area contributed by atoms with Gasteiger partial charge in [0, 0.05) is 25.7 Å². The van der Waals surface area contributed by atoms with Crippen molar-refractivity contribution in [3.05, 3.63) is 17.5 Å². The van der Waals surface area contributed by atoms with E-state index in [9.17, 15) is 9.59 Å². The van der Waals surface area contributed by atoms with Gasteiger partial charge in [0.15, 0.2) is 6.10 Å². The lowest BCUT2D eigenvalue weighted by Gasteiger charge is -2.34. The van der Waals surface area contributed by atoms with Crippen molar-refractivity contribution in [2.24, 2.45) is 0 Å². The second kappa shape index (κ2) is 8.02. The van der Waals surface area contributed by atoms with Crippen LogP contribution in [0.2, 0.25) is 0 Å². The summed E-state index contributed by atoms with van der Waals surface area (Å²) in [7, 11) is 0. The molecule has 140 valence electrons. The summed E-state index contributed by atoms with van der Waals surface area (Å²) < 4.78 is 7.19. The zero-order chi connectivity index (χ0) is 18.7. The SMILES string of the molecule is CC(=O)O[C@@H](C)C(=O)N1CCC(n2nc(C(C)C)cc2C(C)C)CC1. The molecule has 1 atom stereocenters. The highest BCUT2D eigenvalue weighted by Crippen LogP contribution is 2.29. The summed E-state index contributed by atoms with van der Waals surface area (Å²) in [5.74, 6) is 0.296. The van der Waals surface area contributed by atoms with Crippen LogP contribution in [0.1, 0.15) is 83.6 Å². The summed E-state index contributed by atoms with van der Waals surface area (Å²) in [6.07, 6.45) is 1.03. The molecule has 1 aliphatic rings. The van der Waals surface area contributed by atoms with Gasteiger partial charge in [-0.3, -0.25) is 14.3 Å². The molecule has 1 amide bonds. The lowest BCUT2D eigenvalue weighted by Crippen LogP contribution is -2.44. The summed E-state index contributed by atoms with van der Waals surface area (Å²) in [4.78, 5) is 25.2. The Hall–Kier alpha value is -1.85. The number of esters is 1. The molecule has 1 aliphatic heterocycles. The van der Waals surface area contributed by atoms with Crippen LogP contribution in [0.4, 0.5) is 0 Å². The van der Waals surface area contributed by atoms with Gasteiger partial charge in [-0.15, -0.1) is 0 Å². The van der Waals surface area contributed by atoms with Gasteiger partial charge in [-0.1, -0.05) is 27.7 Å². The molecule has 0 unspecified atom stereocenters. The Bertz CT molecular complexity index is 613. The molecule has 0 spiro atoms. The fraction of sp³-hybridized carbons (Fsp3) is 0.737. The van der Waals surface area contributed by atoms with Crippen molar-refractivity contribution < 1.29 is 14.3 Å². The molecule has 6 heteroatoms. The second-order valence-corrected chi connectivity index (χ2v) is 7.56. The van der Waals surface area contributed by atoms with Crippen LogP contribution < -0.4 is 0 Å². The molecule has 1 aromatic rings. The van der Waals surface area contributed by atoms with E-state index in [4.69, 9.17) is 9.84 Å². The molecule has 1 fully saturated rings. The number of aromatic nitrogens is 2. The highest BCUT2D eigenvalue weighted by Gasteiger charge is 2.29. The molecule has 0 aromatic carbocycles. The number of carbonyl (C=O) groups excluding carboxylic acids is 2. The molecule has 0 radical (unpaired) electrons. The predicted octanol–water partition coefficient (Wildman–Crippen LogP) is 3.25. The normalized spacial score (nSPS) is 17.2. The van der Waals surface area contributed by atoms with Gasteiger partial charge >= 0.3 is 5.97 Å². The first kappa shape index (κ1) is 19.5. The number of likely N-dealkylation sites (tertiary alicyclic amines) is 1. The lowest BCUT2D eigenvalue weighted by atomic mass is 10.0. The zero-order valence-corrected chi connectivity index (χ0v) is 16.3. The average Bonchev–Trinajstić information content (AvgIpc) is 2.99. The number of ether oxygens (including phenoxy) is 1.